The number of alkyl halides is 3. The monoisotopic (exact) mass is 506 g/mol. The average Bonchev–Trinajstić information content (AvgIpc) is 3.30. The van der Waals surface area contributed by atoms with Gasteiger partial charge >= 0.3 is 12.1 Å². The summed E-state index contributed by atoms with van der Waals surface area (Å²) in [4.78, 5) is 24.8. The van der Waals surface area contributed by atoms with Crippen molar-refractivity contribution in [3.63, 3.8) is 0 Å². The van der Waals surface area contributed by atoms with Gasteiger partial charge in [-0.05, 0) is 75.3 Å². The minimum Gasteiger partial charge on any atom is -0.481 e. The van der Waals surface area contributed by atoms with Crippen LogP contribution in [-0.4, -0.2) is 31.1 Å². The zero-order chi connectivity index (χ0) is 25.4. The van der Waals surface area contributed by atoms with Gasteiger partial charge in [-0.3, -0.25) is 4.79 Å². The van der Waals surface area contributed by atoms with Crippen LogP contribution in [0.15, 0.2) is 36.7 Å². The number of pyridine rings is 2. The maximum absolute atomic E-state index is 13.0. The predicted octanol–water partition coefficient (Wildman–Crippen LogP) is 5.77. The SMILES string of the molecule is Cc1cc(Nc2cc(C(F)(F)F)ccn2)nc(-c2cnc([C@](C)(O)C3CCC(C(=O)O)CC3)s2)c1. The van der Waals surface area contributed by atoms with Gasteiger partial charge in [0.05, 0.1) is 22.1 Å². The lowest BCUT2D eigenvalue weighted by atomic mass is 9.74. The lowest BCUT2D eigenvalue weighted by Gasteiger charge is -2.35. The lowest BCUT2D eigenvalue weighted by molar-refractivity contribution is -0.144. The molecule has 7 nitrogen and oxygen atoms in total. The van der Waals surface area contributed by atoms with Crippen LogP contribution in [0, 0.1) is 18.8 Å². The van der Waals surface area contributed by atoms with Crippen LogP contribution in [0.25, 0.3) is 10.6 Å². The van der Waals surface area contributed by atoms with E-state index in [1.165, 1.54) is 11.3 Å². The smallest absolute Gasteiger partial charge is 0.416 e. The van der Waals surface area contributed by atoms with Crippen molar-refractivity contribution in [3.05, 3.63) is 52.8 Å². The standard InChI is InChI=1S/C24H25F3N4O3S/c1-13-9-17(30-20(10-13)31-19-11-16(7-8-28-19)24(25,26)27)18-12-29-22(35-18)23(2,34)15-5-3-14(4-6-15)21(32)33/h7-12,14-15,34H,3-6H2,1-2H3,(H,32,33)(H,28,30,31)/t14?,15?,23-/m1/s1. The minimum atomic E-state index is -4.48. The van der Waals surface area contributed by atoms with Gasteiger partial charge in [0.15, 0.2) is 0 Å². The molecule has 0 unspecified atom stereocenters. The van der Waals surface area contributed by atoms with Gasteiger partial charge in [-0.2, -0.15) is 13.2 Å². The summed E-state index contributed by atoms with van der Waals surface area (Å²) >= 11 is 1.29. The minimum absolute atomic E-state index is 0.0220. The first kappa shape index (κ1) is 25.1. The van der Waals surface area contributed by atoms with Crippen molar-refractivity contribution in [1.29, 1.82) is 0 Å². The molecule has 0 radical (unpaired) electrons. The summed E-state index contributed by atoms with van der Waals surface area (Å²) in [6.07, 6.45) is 0.459. The van der Waals surface area contributed by atoms with Gasteiger partial charge in [-0.25, -0.2) is 15.0 Å². The first-order valence-electron chi connectivity index (χ1n) is 11.1. The third-order valence-corrected chi connectivity index (χ3v) is 7.62. The third kappa shape index (κ3) is 5.62. The summed E-state index contributed by atoms with van der Waals surface area (Å²) in [5.41, 5.74) is -0.624. The highest BCUT2D eigenvalue weighted by atomic mass is 32.1. The Balaban J connectivity index is 1.54. The van der Waals surface area contributed by atoms with Gasteiger partial charge in [0.1, 0.15) is 22.2 Å². The number of aryl methyl sites for hydroxylation is 1. The molecule has 3 aromatic rings. The molecule has 186 valence electrons. The Hall–Kier alpha value is -3.05. The van der Waals surface area contributed by atoms with Crippen LogP contribution in [0.3, 0.4) is 0 Å². The molecule has 4 rings (SSSR count). The fourth-order valence-corrected chi connectivity index (χ4v) is 5.37. The van der Waals surface area contributed by atoms with E-state index in [1.807, 2.05) is 13.0 Å². The molecule has 1 aliphatic rings. The molecule has 1 aliphatic carbocycles. The molecule has 0 amide bonds. The van der Waals surface area contributed by atoms with Crippen molar-refractivity contribution in [1.82, 2.24) is 15.0 Å². The molecular weight excluding hydrogens is 481 g/mol. The molecule has 0 aliphatic heterocycles. The van der Waals surface area contributed by atoms with Crippen LogP contribution in [0.5, 0.6) is 0 Å². The van der Waals surface area contributed by atoms with Crippen molar-refractivity contribution < 1.29 is 28.2 Å². The highest BCUT2D eigenvalue weighted by Gasteiger charge is 2.40. The normalized spacial score (nSPS) is 20.3. The van der Waals surface area contributed by atoms with Crippen LogP contribution in [0.1, 0.15) is 48.7 Å². The number of aliphatic hydroxyl groups is 1. The van der Waals surface area contributed by atoms with E-state index >= 15 is 0 Å². The molecule has 0 saturated heterocycles. The second kappa shape index (κ2) is 9.54. The highest BCUT2D eigenvalue weighted by molar-refractivity contribution is 7.15. The van der Waals surface area contributed by atoms with Crippen molar-refractivity contribution >= 4 is 28.9 Å². The van der Waals surface area contributed by atoms with Crippen LogP contribution >= 0.6 is 11.3 Å². The summed E-state index contributed by atoms with van der Waals surface area (Å²) in [6.45, 7) is 3.55. The Bertz CT molecular complexity index is 1220. The zero-order valence-electron chi connectivity index (χ0n) is 19.1. The van der Waals surface area contributed by atoms with Gasteiger partial charge < -0.3 is 15.5 Å². The molecule has 1 atom stereocenters. The molecule has 3 heterocycles. The Morgan fingerprint density at radius 2 is 1.83 bits per heavy atom. The van der Waals surface area contributed by atoms with Gasteiger partial charge in [0, 0.05) is 12.4 Å². The fourth-order valence-electron chi connectivity index (χ4n) is 4.37. The molecule has 35 heavy (non-hydrogen) atoms. The van der Waals surface area contributed by atoms with Gasteiger partial charge in [-0.15, -0.1) is 11.3 Å². The van der Waals surface area contributed by atoms with Crippen molar-refractivity contribution in [2.45, 2.75) is 51.3 Å². The number of hydrogen-bond donors (Lipinski definition) is 3. The first-order chi connectivity index (χ1) is 16.4. The Kier molecular flexibility index (Phi) is 6.83. The number of halogens is 3. The Labute approximate surface area is 204 Å². The van der Waals surface area contributed by atoms with E-state index in [1.54, 1.807) is 19.2 Å². The number of nitrogens with one attached hydrogen (secondary N) is 1. The predicted molar refractivity (Wildman–Crippen MR) is 125 cm³/mol. The molecule has 0 spiro atoms. The summed E-state index contributed by atoms with van der Waals surface area (Å²) < 4.78 is 39.1. The van der Waals surface area contributed by atoms with Crippen LogP contribution < -0.4 is 5.32 Å². The van der Waals surface area contributed by atoms with Crippen molar-refractivity contribution in [2.24, 2.45) is 11.8 Å². The molecule has 1 fully saturated rings. The maximum Gasteiger partial charge on any atom is 0.416 e. The van der Waals surface area contributed by atoms with E-state index in [9.17, 15) is 28.2 Å². The molecule has 1 saturated carbocycles. The quantitative estimate of drug-likeness (QED) is 0.390. The number of aromatic nitrogens is 3. The largest absolute Gasteiger partial charge is 0.481 e. The summed E-state index contributed by atoms with van der Waals surface area (Å²) in [7, 11) is 0. The van der Waals surface area contributed by atoms with E-state index in [4.69, 9.17) is 0 Å². The number of carbonyl (C=O) groups is 1. The van der Waals surface area contributed by atoms with Crippen LogP contribution in [0.2, 0.25) is 0 Å². The third-order valence-electron chi connectivity index (χ3n) is 6.38. The summed E-state index contributed by atoms with van der Waals surface area (Å²) in [5, 5.41) is 23.8. The topological polar surface area (TPSA) is 108 Å². The summed E-state index contributed by atoms with van der Waals surface area (Å²) in [5.74, 6) is -0.918. The van der Waals surface area contributed by atoms with Crippen molar-refractivity contribution in [3.8, 4) is 10.6 Å². The second-order valence-corrected chi connectivity index (χ2v) is 10.1. The zero-order valence-corrected chi connectivity index (χ0v) is 20.0. The number of carboxylic acids is 1. The number of nitrogens with zero attached hydrogens (tertiary/aromatic N) is 3. The number of aliphatic carboxylic acids is 1. The van der Waals surface area contributed by atoms with E-state index in [0.29, 0.717) is 47.1 Å². The molecule has 3 aromatic heterocycles. The Morgan fingerprint density at radius 3 is 2.49 bits per heavy atom. The maximum atomic E-state index is 13.0. The van der Waals surface area contributed by atoms with Crippen LogP contribution in [0.4, 0.5) is 24.8 Å². The number of hydrogen-bond acceptors (Lipinski definition) is 7. The molecule has 3 N–H and O–H groups in total. The number of rotatable bonds is 6. The van der Waals surface area contributed by atoms with Crippen LogP contribution in [-0.2, 0) is 16.6 Å². The molecule has 0 bridgehead atoms. The fraction of sp³-hybridized carbons (Fsp3) is 0.417. The number of anilines is 2. The molecule has 0 aromatic carbocycles. The highest BCUT2D eigenvalue weighted by Crippen LogP contribution is 2.43. The lowest BCUT2D eigenvalue weighted by Crippen LogP contribution is -2.35. The van der Waals surface area contributed by atoms with E-state index < -0.39 is 23.3 Å². The average molecular weight is 507 g/mol. The summed E-state index contributed by atoms with van der Waals surface area (Å²) in [6, 6.07) is 5.35. The van der Waals surface area contributed by atoms with Gasteiger partial charge in [0.25, 0.3) is 0 Å². The van der Waals surface area contributed by atoms with Crippen molar-refractivity contribution in [2.75, 3.05) is 5.32 Å². The number of carboxylic acid groups (broad SMARTS) is 1. The molecular formula is C24H25F3N4O3S. The van der Waals surface area contributed by atoms with Gasteiger partial charge in [-0.1, -0.05) is 0 Å². The Morgan fingerprint density at radius 1 is 1.11 bits per heavy atom. The van der Waals surface area contributed by atoms with E-state index in [2.05, 4.69) is 20.3 Å². The van der Waals surface area contributed by atoms with Gasteiger partial charge in [0.2, 0.25) is 0 Å². The number of thiazole rings is 1. The molecule has 11 heteroatoms. The van der Waals surface area contributed by atoms with E-state index in [0.717, 1.165) is 23.9 Å². The first-order valence-corrected chi connectivity index (χ1v) is 12.0. The second-order valence-electron chi connectivity index (χ2n) is 9.03. The van der Waals surface area contributed by atoms with E-state index in [-0.39, 0.29) is 17.7 Å².